The van der Waals surface area contributed by atoms with Crippen LogP contribution in [0.5, 0.6) is 0 Å². The first-order valence-corrected chi connectivity index (χ1v) is 10.4. The lowest BCUT2D eigenvalue weighted by Crippen LogP contribution is -2.38. The monoisotopic (exact) mass is 398 g/mol. The number of aliphatic carboxylic acids is 1. The molecule has 1 aromatic carbocycles. The van der Waals surface area contributed by atoms with E-state index < -0.39 is 22.6 Å². The number of rotatable bonds is 9. The number of carbonyl (C=O) groups excluding carboxylic acids is 1. The number of hydrogen-bond acceptors (Lipinski definition) is 5. The quantitative estimate of drug-likeness (QED) is 0.609. The third-order valence-electron chi connectivity index (χ3n) is 4.64. The molecule has 0 radical (unpaired) electrons. The van der Waals surface area contributed by atoms with Crippen molar-refractivity contribution in [1.82, 2.24) is 9.62 Å². The summed E-state index contributed by atoms with van der Waals surface area (Å²) in [6.45, 7) is -0.176. The molecule has 2 N–H and O–H groups in total. The van der Waals surface area contributed by atoms with Gasteiger partial charge in [-0.3, -0.25) is 4.79 Å². The number of benzene rings is 1. The van der Waals surface area contributed by atoms with E-state index in [-0.39, 0.29) is 30.0 Å². The van der Waals surface area contributed by atoms with Crippen LogP contribution in [-0.4, -0.2) is 62.6 Å². The number of ether oxygens (including phenoxy) is 1. The lowest BCUT2D eigenvalue weighted by atomic mass is 9.96. The zero-order valence-corrected chi connectivity index (χ0v) is 16.2. The van der Waals surface area contributed by atoms with Gasteiger partial charge in [0.25, 0.3) is 5.91 Å². The van der Waals surface area contributed by atoms with E-state index in [2.05, 4.69) is 5.32 Å². The van der Waals surface area contributed by atoms with E-state index in [0.29, 0.717) is 5.56 Å². The van der Waals surface area contributed by atoms with Crippen LogP contribution in [0.2, 0.25) is 0 Å². The van der Waals surface area contributed by atoms with Crippen LogP contribution in [0.1, 0.15) is 42.5 Å². The highest BCUT2D eigenvalue weighted by Gasteiger charge is 2.29. The predicted molar refractivity (Wildman–Crippen MR) is 99.1 cm³/mol. The molecule has 1 aliphatic rings. The van der Waals surface area contributed by atoms with Crippen LogP contribution < -0.4 is 5.32 Å². The minimum atomic E-state index is -3.59. The third kappa shape index (κ3) is 6.02. The largest absolute Gasteiger partial charge is 0.480 e. The van der Waals surface area contributed by atoms with Crippen molar-refractivity contribution in [1.29, 1.82) is 0 Å². The third-order valence-corrected chi connectivity index (χ3v) is 6.56. The Bertz CT molecular complexity index is 742. The van der Waals surface area contributed by atoms with Gasteiger partial charge in [-0.15, -0.1) is 0 Å². The van der Waals surface area contributed by atoms with Gasteiger partial charge in [0.15, 0.2) is 0 Å². The number of carboxylic acid groups (broad SMARTS) is 1. The molecule has 8 nitrogen and oxygen atoms in total. The second-order valence-corrected chi connectivity index (χ2v) is 8.54. The standard InChI is InChI=1S/C18H26N2O6S/c1-20(15-5-3-2-4-6-15)27(24,25)16-9-7-14(8-10-16)18(23)19-11-12-26-13-17(21)22/h7-10,15H,2-6,11-13H2,1H3,(H,19,23)(H,21,22). The van der Waals surface area contributed by atoms with Crippen LogP contribution >= 0.6 is 0 Å². The number of nitrogens with one attached hydrogen (secondary N) is 1. The van der Waals surface area contributed by atoms with Crippen LogP contribution in [-0.2, 0) is 19.6 Å². The van der Waals surface area contributed by atoms with E-state index in [1.165, 1.54) is 28.6 Å². The lowest BCUT2D eigenvalue weighted by Gasteiger charge is -2.30. The van der Waals surface area contributed by atoms with E-state index in [4.69, 9.17) is 9.84 Å². The average Bonchev–Trinajstić information content (AvgIpc) is 2.67. The van der Waals surface area contributed by atoms with Gasteiger partial charge in [-0.05, 0) is 37.1 Å². The number of carbonyl (C=O) groups is 2. The van der Waals surface area contributed by atoms with Gasteiger partial charge >= 0.3 is 5.97 Å². The first-order chi connectivity index (χ1) is 12.8. The van der Waals surface area contributed by atoms with Crippen molar-refractivity contribution in [2.24, 2.45) is 0 Å². The van der Waals surface area contributed by atoms with Crippen molar-refractivity contribution < 1.29 is 27.9 Å². The van der Waals surface area contributed by atoms with Gasteiger partial charge in [0, 0.05) is 25.2 Å². The highest BCUT2D eigenvalue weighted by atomic mass is 32.2. The van der Waals surface area contributed by atoms with Crippen LogP contribution in [0.4, 0.5) is 0 Å². The minimum Gasteiger partial charge on any atom is -0.480 e. The van der Waals surface area contributed by atoms with Crippen molar-refractivity contribution >= 4 is 21.9 Å². The Morgan fingerprint density at radius 2 is 1.81 bits per heavy atom. The first kappa shape index (κ1) is 21.3. The molecule has 0 spiro atoms. The maximum absolute atomic E-state index is 12.8. The summed E-state index contributed by atoms with van der Waals surface area (Å²) in [4.78, 5) is 22.5. The van der Waals surface area contributed by atoms with Gasteiger partial charge in [0.05, 0.1) is 11.5 Å². The second kappa shape index (κ2) is 9.82. The van der Waals surface area contributed by atoms with E-state index in [1.54, 1.807) is 7.05 Å². The summed E-state index contributed by atoms with van der Waals surface area (Å²) in [6.07, 6.45) is 4.98. The Morgan fingerprint density at radius 1 is 1.19 bits per heavy atom. The molecule has 0 unspecified atom stereocenters. The summed E-state index contributed by atoms with van der Waals surface area (Å²) in [5.74, 6) is -1.45. The van der Waals surface area contributed by atoms with Crippen LogP contribution in [0.3, 0.4) is 0 Å². The number of carboxylic acids is 1. The molecule has 0 aromatic heterocycles. The number of sulfonamides is 1. The van der Waals surface area contributed by atoms with Crippen molar-refractivity contribution in [3.05, 3.63) is 29.8 Å². The molecule has 0 saturated heterocycles. The number of nitrogens with zero attached hydrogens (tertiary/aromatic N) is 1. The second-order valence-electron chi connectivity index (χ2n) is 6.54. The van der Waals surface area contributed by atoms with Gasteiger partial charge in [0.1, 0.15) is 6.61 Å². The summed E-state index contributed by atoms with van der Waals surface area (Å²) < 4.78 is 31.8. The Kier molecular flexibility index (Phi) is 7.76. The van der Waals surface area contributed by atoms with Gasteiger partial charge in [-0.1, -0.05) is 19.3 Å². The van der Waals surface area contributed by atoms with Crippen molar-refractivity contribution in [3.8, 4) is 0 Å². The van der Waals surface area contributed by atoms with Gasteiger partial charge in [0.2, 0.25) is 10.0 Å². The molecule has 0 bridgehead atoms. The predicted octanol–water partition coefficient (Wildman–Crippen LogP) is 1.47. The van der Waals surface area contributed by atoms with Gasteiger partial charge < -0.3 is 15.2 Å². The molecular weight excluding hydrogens is 372 g/mol. The molecular formula is C18H26N2O6S. The van der Waals surface area contributed by atoms with E-state index >= 15 is 0 Å². The molecule has 2 rings (SSSR count). The summed E-state index contributed by atoms with van der Waals surface area (Å²) in [5, 5.41) is 11.0. The molecule has 0 aliphatic heterocycles. The summed E-state index contributed by atoms with van der Waals surface area (Å²) >= 11 is 0. The Labute approximate surface area is 159 Å². The fourth-order valence-corrected chi connectivity index (χ4v) is 4.50. The van der Waals surface area contributed by atoms with Crippen molar-refractivity contribution in [3.63, 3.8) is 0 Å². The normalized spacial score (nSPS) is 15.6. The molecule has 1 saturated carbocycles. The molecule has 27 heavy (non-hydrogen) atoms. The van der Waals surface area contributed by atoms with E-state index in [9.17, 15) is 18.0 Å². The summed E-state index contributed by atoms with van der Waals surface area (Å²) in [5.41, 5.74) is 0.326. The molecule has 9 heteroatoms. The maximum Gasteiger partial charge on any atom is 0.329 e. The molecule has 0 atom stereocenters. The summed E-state index contributed by atoms with van der Waals surface area (Å²) in [7, 11) is -1.97. The molecule has 1 aromatic rings. The van der Waals surface area contributed by atoms with Gasteiger partial charge in [-0.25, -0.2) is 13.2 Å². The van der Waals surface area contributed by atoms with Crippen molar-refractivity contribution in [2.45, 2.75) is 43.0 Å². The SMILES string of the molecule is CN(C1CCCCC1)S(=O)(=O)c1ccc(C(=O)NCCOCC(=O)O)cc1. The Morgan fingerprint density at radius 3 is 2.41 bits per heavy atom. The molecule has 1 fully saturated rings. The Hall–Kier alpha value is -1.97. The fraction of sp³-hybridized carbons (Fsp3) is 0.556. The number of hydrogen-bond donors (Lipinski definition) is 2. The summed E-state index contributed by atoms with van der Waals surface area (Å²) in [6, 6.07) is 5.83. The average molecular weight is 398 g/mol. The molecule has 1 aliphatic carbocycles. The van der Waals surface area contributed by atoms with E-state index in [1.807, 2.05) is 0 Å². The lowest BCUT2D eigenvalue weighted by molar-refractivity contribution is -0.142. The minimum absolute atomic E-state index is 0.0255. The van der Waals surface area contributed by atoms with Gasteiger partial charge in [-0.2, -0.15) is 4.31 Å². The highest BCUT2D eigenvalue weighted by molar-refractivity contribution is 7.89. The number of amides is 1. The molecule has 150 valence electrons. The smallest absolute Gasteiger partial charge is 0.329 e. The van der Waals surface area contributed by atoms with E-state index in [0.717, 1.165) is 32.1 Å². The topological polar surface area (TPSA) is 113 Å². The zero-order chi connectivity index (χ0) is 19.9. The fourth-order valence-electron chi connectivity index (χ4n) is 3.08. The highest BCUT2D eigenvalue weighted by Crippen LogP contribution is 2.26. The molecule has 1 amide bonds. The van der Waals surface area contributed by atoms with Crippen LogP contribution in [0.25, 0.3) is 0 Å². The zero-order valence-electron chi connectivity index (χ0n) is 15.4. The Balaban J connectivity index is 1.93. The van der Waals surface area contributed by atoms with Crippen molar-refractivity contribution in [2.75, 3.05) is 26.8 Å². The van der Waals surface area contributed by atoms with Crippen LogP contribution in [0, 0.1) is 0 Å². The maximum atomic E-state index is 12.8. The van der Waals surface area contributed by atoms with Crippen LogP contribution in [0.15, 0.2) is 29.2 Å². The molecule has 0 heterocycles. The first-order valence-electron chi connectivity index (χ1n) is 8.98.